The lowest BCUT2D eigenvalue weighted by Crippen LogP contribution is -2.49. The number of urea groups is 1. The maximum atomic E-state index is 12.9. The quantitative estimate of drug-likeness (QED) is 0.728. The zero-order chi connectivity index (χ0) is 20.3. The summed E-state index contributed by atoms with van der Waals surface area (Å²) >= 11 is 6.03. The van der Waals surface area contributed by atoms with Gasteiger partial charge in [-0.05, 0) is 36.6 Å². The monoisotopic (exact) mass is 401 g/mol. The van der Waals surface area contributed by atoms with Crippen LogP contribution in [0.1, 0.15) is 24.5 Å². The van der Waals surface area contributed by atoms with Crippen LogP contribution in [-0.2, 0) is 15.1 Å². The standard InChI is InChI=1S/C20H20ClN3O4/c1-3-20(14-7-5-4-6-8-14)18(26)24(19(27)22-20)23-17(25)12-28-16-11-13(2)9-10-15(16)21/h4-11H,3,12H2,1-2H3,(H,22,27)(H,23,25)/t20-/m1/s1. The van der Waals surface area contributed by atoms with E-state index in [2.05, 4.69) is 10.7 Å². The van der Waals surface area contributed by atoms with Gasteiger partial charge in [-0.1, -0.05) is 54.9 Å². The molecule has 0 spiro atoms. The summed E-state index contributed by atoms with van der Waals surface area (Å²) in [4.78, 5) is 37.5. The third-order valence-electron chi connectivity index (χ3n) is 4.57. The largest absolute Gasteiger partial charge is 0.482 e. The first-order chi connectivity index (χ1) is 13.4. The van der Waals surface area contributed by atoms with Gasteiger partial charge in [0.25, 0.3) is 11.8 Å². The van der Waals surface area contributed by atoms with Gasteiger partial charge >= 0.3 is 6.03 Å². The van der Waals surface area contributed by atoms with Crippen LogP contribution in [0.2, 0.25) is 5.02 Å². The molecule has 0 bridgehead atoms. The molecule has 28 heavy (non-hydrogen) atoms. The van der Waals surface area contributed by atoms with E-state index in [-0.39, 0.29) is 0 Å². The third kappa shape index (κ3) is 3.66. The van der Waals surface area contributed by atoms with Gasteiger partial charge in [0.05, 0.1) is 5.02 Å². The molecule has 0 aromatic heterocycles. The number of amides is 4. The third-order valence-corrected chi connectivity index (χ3v) is 4.88. The summed E-state index contributed by atoms with van der Waals surface area (Å²) in [5.41, 5.74) is 2.66. The molecule has 2 aromatic carbocycles. The summed E-state index contributed by atoms with van der Waals surface area (Å²) in [6, 6.07) is 13.4. The predicted octanol–water partition coefficient (Wildman–Crippen LogP) is 2.92. The van der Waals surface area contributed by atoms with Crippen LogP contribution < -0.4 is 15.5 Å². The second kappa shape index (κ2) is 7.90. The van der Waals surface area contributed by atoms with E-state index in [0.29, 0.717) is 27.8 Å². The molecule has 1 atom stereocenters. The summed E-state index contributed by atoms with van der Waals surface area (Å²) in [7, 11) is 0. The molecule has 0 radical (unpaired) electrons. The van der Waals surface area contributed by atoms with Crippen LogP contribution in [0.4, 0.5) is 4.79 Å². The molecule has 2 N–H and O–H groups in total. The number of halogens is 1. The number of nitrogens with zero attached hydrogens (tertiary/aromatic N) is 1. The van der Waals surface area contributed by atoms with Gasteiger partial charge in [0, 0.05) is 0 Å². The van der Waals surface area contributed by atoms with Crippen LogP contribution in [0.25, 0.3) is 0 Å². The molecular weight excluding hydrogens is 382 g/mol. The maximum Gasteiger partial charge on any atom is 0.344 e. The van der Waals surface area contributed by atoms with E-state index in [4.69, 9.17) is 16.3 Å². The second-order valence-electron chi connectivity index (χ2n) is 6.45. The first-order valence-corrected chi connectivity index (χ1v) is 9.16. The SMILES string of the molecule is CC[C@]1(c2ccccc2)NC(=O)N(NC(=O)COc2cc(C)ccc2Cl)C1=O. The van der Waals surface area contributed by atoms with Gasteiger partial charge in [-0.3, -0.25) is 15.0 Å². The van der Waals surface area contributed by atoms with Crippen molar-refractivity contribution in [3.63, 3.8) is 0 Å². The topological polar surface area (TPSA) is 87.7 Å². The van der Waals surface area contributed by atoms with Crippen LogP contribution >= 0.6 is 11.6 Å². The lowest BCUT2D eigenvalue weighted by molar-refractivity contribution is -0.140. The Balaban J connectivity index is 1.70. The Morgan fingerprint density at radius 1 is 1.21 bits per heavy atom. The minimum Gasteiger partial charge on any atom is -0.482 e. The summed E-state index contributed by atoms with van der Waals surface area (Å²) in [6.45, 7) is 3.26. The molecule has 1 aliphatic rings. The molecule has 8 heteroatoms. The number of hydrogen-bond acceptors (Lipinski definition) is 4. The Labute approximate surface area is 167 Å². The molecule has 2 aromatic rings. The van der Waals surface area contributed by atoms with E-state index < -0.39 is 30.0 Å². The van der Waals surface area contributed by atoms with E-state index in [1.807, 2.05) is 19.1 Å². The zero-order valence-corrected chi connectivity index (χ0v) is 16.2. The highest BCUT2D eigenvalue weighted by atomic mass is 35.5. The zero-order valence-electron chi connectivity index (χ0n) is 15.5. The smallest absolute Gasteiger partial charge is 0.344 e. The average Bonchev–Trinajstić information content (AvgIpc) is 2.94. The molecule has 0 aliphatic carbocycles. The Hall–Kier alpha value is -3.06. The average molecular weight is 402 g/mol. The van der Waals surface area contributed by atoms with E-state index in [1.165, 1.54) is 0 Å². The Morgan fingerprint density at radius 2 is 1.93 bits per heavy atom. The van der Waals surface area contributed by atoms with Crippen LogP contribution in [0.5, 0.6) is 5.75 Å². The number of carbonyl (C=O) groups is 3. The van der Waals surface area contributed by atoms with Crippen molar-refractivity contribution in [3.8, 4) is 5.75 Å². The Bertz CT molecular complexity index is 919. The Kier molecular flexibility index (Phi) is 5.56. The fourth-order valence-electron chi connectivity index (χ4n) is 3.06. The molecule has 7 nitrogen and oxygen atoms in total. The number of rotatable bonds is 6. The van der Waals surface area contributed by atoms with Crippen molar-refractivity contribution in [2.24, 2.45) is 0 Å². The Morgan fingerprint density at radius 3 is 2.61 bits per heavy atom. The molecule has 146 valence electrons. The van der Waals surface area contributed by atoms with Crippen LogP contribution in [0, 0.1) is 6.92 Å². The molecule has 0 unspecified atom stereocenters. The number of hydrogen-bond donors (Lipinski definition) is 2. The maximum absolute atomic E-state index is 12.9. The fourth-order valence-corrected chi connectivity index (χ4v) is 3.23. The van der Waals surface area contributed by atoms with Crippen LogP contribution in [0.3, 0.4) is 0 Å². The van der Waals surface area contributed by atoms with Gasteiger partial charge < -0.3 is 10.1 Å². The van der Waals surface area contributed by atoms with Crippen molar-refractivity contribution in [1.82, 2.24) is 15.8 Å². The molecule has 1 heterocycles. The first kappa shape index (κ1) is 19.7. The van der Waals surface area contributed by atoms with E-state index in [9.17, 15) is 14.4 Å². The number of nitrogens with one attached hydrogen (secondary N) is 2. The van der Waals surface area contributed by atoms with Crippen molar-refractivity contribution in [2.45, 2.75) is 25.8 Å². The second-order valence-corrected chi connectivity index (χ2v) is 6.86. The minimum absolute atomic E-state index is 0.337. The van der Waals surface area contributed by atoms with Crippen LogP contribution in [-0.4, -0.2) is 29.5 Å². The summed E-state index contributed by atoms with van der Waals surface area (Å²) < 4.78 is 5.41. The molecule has 1 saturated heterocycles. The van der Waals surface area contributed by atoms with Gasteiger partial charge in [0.15, 0.2) is 6.61 Å². The van der Waals surface area contributed by atoms with Gasteiger partial charge in [0.1, 0.15) is 11.3 Å². The lowest BCUT2D eigenvalue weighted by Gasteiger charge is -2.25. The number of benzene rings is 2. The predicted molar refractivity (Wildman–Crippen MR) is 104 cm³/mol. The number of imide groups is 1. The van der Waals surface area contributed by atoms with Crippen molar-refractivity contribution in [2.75, 3.05) is 6.61 Å². The summed E-state index contributed by atoms with van der Waals surface area (Å²) in [5, 5.41) is 3.75. The summed E-state index contributed by atoms with van der Waals surface area (Å²) in [6.07, 6.45) is 0.337. The number of ether oxygens (including phenoxy) is 1. The lowest BCUT2D eigenvalue weighted by atomic mass is 9.87. The highest BCUT2D eigenvalue weighted by Gasteiger charge is 2.52. The molecule has 4 amide bonds. The molecule has 3 rings (SSSR count). The van der Waals surface area contributed by atoms with Gasteiger partial charge in [-0.2, -0.15) is 5.01 Å². The molecule has 0 saturated carbocycles. The highest BCUT2D eigenvalue weighted by Crippen LogP contribution is 2.31. The molecule has 1 aliphatic heterocycles. The van der Waals surface area contributed by atoms with Gasteiger partial charge in [0.2, 0.25) is 0 Å². The van der Waals surface area contributed by atoms with Crippen molar-refractivity contribution >= 4 is 29.4 Å². The fraction of sp³-hybridized carbons (Fsp3) is 0.250. The normalized spacial score (nSPS) is 18.8. The van der Waals surface area contributed by atoms with Crippen molar-refractivity contribution < 1.29 is 19.1 Å². The summed E-state index contributed by atoms with van der Waals surface area (Å²) in [5.74, 6) is -0.851. The van der Waals surface area contributed by atoms with Crippen molar-refractivity contribution in [1.29, 1.82) is 0 Å². The first-order valence-electron chi connectivity index (χ1n) is 8.78. The van der Waals surface area contributed by atoms with Gasteiger partial charge in [-0.15, -0.1) is 0 Å². The number of carbonyl (C=O) groups excluding carboxylic acids is 3. The van der Waals surface area contributed by atoms with E-state index in [1.54, 1.807) is 43.3 Å². The number of aryl methyl sites for hydroxylation is 1. The van der Waals surface area contributed by atoms with E-state index >= 15 is 0 Å². The molecule has 1 fully saturated rings. The number of hydrazine groups is 1. The van der Waals surface area contributed by atoms with Crippen molar-refractivity contribution in [3.05, 3.63) is 64.7 Å². The highest BCUT2D eigenvalue weighted by molar-refractivity contribution is 6.32. The van der Waals surface area contributed by atoms with Crippen LogP contribution in [0.15, 0.2) is 48.5 Å². The van der Waals surface area contributed by atoms with E-state index in [0.717, 1.165) is 5.56 Å². The molecular formula is C20H20ClN3O4. The van der Waals surface area contributed by atoms with Gasteiger partial charge in [-0.25, -0.2) is 4.79 Å². The minimum atomic E-state index is -1.22.